The molecule has 0 aromatic heterocycles. The fraction of sp³-hybridized carbons (Fsp3) is 0.333. The monoisotopic (exact) mass is 162 g/mol. The lowest BCUT2D eigenvalue weighted by Gasteiger charge is -2.21. The van der Waals surface area contributed by atoms with Gasteiger partial charge in [0.15, 0.2) is 0 Å². The zero-order chi connectivity index (χ0) is 10.8. The highest BCUT2D eigenvalue weighted by Crippen LogP contribution is 2.25. The molecule has 0 saturated heterocycles. The molecule has 0 amide bonds. The van der Waals surface area contributed by atoms with Crippen molar-refractivity contribution in [2.75, 3.05) is 0 Å². The number of benzene rings is 1. The van der Waals surface area contributed by atoms with Gasteiger partial charge in [0.25, 0.3) is 0 Å². The summed E-state index contributed by atoms with van der Waals surface area (Å²) in [6, 6.07) is 8.07. The van der Waals surface area contributed by atoms with Crippen LogP contribution in [0.5, 0.6) is 0 Å². The molecule has 0 bridgehead atoms. The zero-order valence-electron chi connectivity index (χ0n) is 9.89. The standard InChI is InChI=1S/C12H16/c1-5-10-8-6-7-9-11(10)12(2,3)4/h5-9H,1H2,2-4H3/i1D,5D. The molecule has 0 aliphatic rings. The number of rotatable bonds is 1. The van der Waals surface area contributed by atoms with Crippen molar-refractivity contribution >= 4 is 6.05 Å². The molecule has 0 aliphatic carbocycles. The third-order valence-electron chi connectivity index (χ3n) is 1.89. The van der Waals surface area contributed by atoms with Gasteiger partial charge in [0.1, 0.15) is 0 Å². The van der Waals surface area contributed by atoms with E-state index in [9.17, 15) is 0 Å². The fourth-order valence-electron chi connectivity index (χ4n) is 1.26. The smallest absolute Gasteiger partial charge is 0.0623 e. The summed E-state index contributed by atoms with van der Waals surface area (Å²) >= 11 is 0. The lowest BCUT2D eigenvalue weighted by molar-refractivity contribution is 0.589. The maximum atomic E-state index is 7.66. The summed E-state index contributed by atoms with van der Waals surface area (Å²) in [5.74, 6) is 0. The minimum absolute atomic E-state index is 0.0197. The molecular weight excluding hydrogens is 144 g/mol. The number of hydrogen-bond donors (Lipinski definition) is 0. The van der Waals surface area contributed by atoms with Gasteiger partial charge in [0, 0.05) is 0 Å². The van der Waals surface area contributed by atoms with E-state index in [0.29, 0.717) is 0 Å². The predicted molar refractivity (Wildman–Crippen MR) is 55.2 cm³/mol. The Morgan fingerprint density at radius 2 is 2.08 bits per heavy atom. The van der Waals surface area contributed by atoms with Crippen LogP contribution in [0, 0.1) is 0 Å². The maximum Gasteiger partial charge on any atom is 0.0623 e. The van der Waals surface area contributed by atoms with Crippen molar-refractivity contribution in [3.8, 4) is 0 Å². The van der Waals surface area contributed by atoms with Crippen LogP contribution in [0.4, 0.5) is 0 Å². The van der Waals surface area contributed by atoms with E-state index in [1.807, 2.05) is 24.3 Å². The van der Waals surface area contributed by atoms with E-state index in [0.717, 1.165) is 17.7 Å². The Morgan fingerprint density at radius 1 is 1.42 bits per heavy atom. The molecule has 1 aromatic rings. The van der Waals surface area contributed by atoms with Gasteiger partial charge < -0.3 is 0 Å². The van der Waals surface area contributed by atoms with E-state index in [-0.39, 0.29) is 11.5 Å². The van der Waals surface area contributed by atoms with Crippen LogP contribution in [-0.2, 0) is 5.41 Å². The molecule has 0 aliphatic heterocycles. The molecule has 0 N–H and O–H groups in total. The second-order valence-corrected chi connectivity index (χ2v) is 3.94. The highest BCUT2D eigenvalue weighted by atomic mass is 14.2. The van der Waals surface area contributed by atoms with Gasteiger partial charge in [-0.2, -0.15) is 0 Å². The van der Waals surface area contributed by atoms with E-state index in [2.05, 4.69) is 20.8 Å². The molecule has 0 unspecified atom stereocenters. The molecule has 1 rings (SSSR count). The van der Waals surface area contributed by atoms with Crippen molar-refractivity contribution < 1.29 is 2.74 Å². The van der Waals surface area contributed by atoms with Gasteiger partial charge in [0.05, 0.1) is 2.74 Å². The van der Waals surface area contributed by atoms with Gasteiger partial charge in [-0.05, 0) is 16.5 Å². The van der Waals surface area contributed by atoms with Crippen molar-refractivity contribution in [3.05, 3.63) is 41.9 Å². The van der Waals surface area contributed by atoms with Crippen molar-refractivity contribution in [1.82, 2.24) is 0 Å². The van der Waals surface area contributed by atoms with Gasteiger partial charge >= 0.3 is 0 Å². The topological polar surface area (TPSA) is 0 Å². The average molecular weight is 162 g/mol. The van der Waals surface area contributed by atoms with Gasteiger partial charge in [0.2, 0.25) is 0 Å². The normalized spacial score (nSPS) is 15.4. The summed E-state index contributed by atoms with van der Waals surface area (Å²) in [4.78, 5) is 0. The molecule has 0 fully saturated rings. The Hall–Kier alpha value is -1.04. The molecule has 0 spiro atoms. The first-order valence-corrected chi connectivity index (χ1v) is 4.12. The lowest BCUT2D eigenvalue weighted by atomic mass is 9.84. The van der Waals surface area contributed by atoms with Crippen LogP contribution < -0.4 is 0 Å². The second-order valence-electron chi connectivity index (χ2n) is 3.94. The average Bonchev–Trinajstić information content (AvgIpc) is 2.15. The highest BCUT2D eigenvalue weighted by Gasteiger charge is 2.15. The molecule has 0 nitrogen and oxygen atoms in total. The molecule has 0 radical (unpaired) electrons. The summed E-state index contributed by atoms with van der Waals surface area (Å²) in [5, 5.41) is 0. The number of hydrogen-bond acceptors (Lipinski definition) is 0. The Kier molecular flexibility index (Phi) is 1.69. The Balaban J connectivity index is 3.31. The first-order chi connectivity index (χ1) is 6.46. The Bertz CT molecular complexity index is 346. The molecule has 12 heavy (non-hydrogen) atoms. The van der Waals surface area contributed by atoms with Crippen molar-refractivity contribution in [3.63, 3.8) is 0 Å². The van der Waals surface area contributed by atoms with E-state index < -0.39 is 0 Å². The van der Waals surface area contributed by atoms with Gasteiger partial charge in [-0.15, -0.1) is 0 Å². The van der Waals surface area contributed by atoms with Crippen LogP contribution in [0.2, 0.25) is 0 Å². The third kappa shape index (κ3) is 1.76. The van der Waals surface area contributed by atoms with E-state index in [4.69, 9.17) is 2.74 Å². The lowest BCUT2D eigenvalue weighted by Crippen LogP contribution is -2.12. The quantitative estimate of drug-likeness (QED) is 0.591. The van der Waals surface area contributed by atoms with Gasteiger partial charge in [-0.25, -0.2) is 0 Å². The summed E-state index contributed by atoms with van der Waals surface area (Å²) < 4.78 is 14.8. The van der Waals surface area contributed by atoms with Gasteiger partial charge in [-0.1, -0.05) is 57.6 Å². The second kappa shape index (κ2) is 3.14. The molecule has 0 saturated carbocycles. The fourth-order valence-corrected chi connectivity index (χ4v) is 1.26. The minimum atomic E-state index is 0.0197. The zero-order valence-corrected chi connectivity index (χ0v) is 7.89. The molecule has 0 heteroatoms. The van der Waals surface area contributed by atoms with Gasteiger partial charge in [-0.3, -0.25) is 0 Å². The van der Waals surface area contributed by atoms with Crippen LogP contribution in [0.1, 0.15) is 34.6 Å². The first-order valence-electron chi connectivity index (χ1n) is 5.19. The summed E-state index contributed by atoms with van der Waals surface area (Å²) in [5.41, 5.74) is 2.00. The Labute approximate surface area is 77.7 Å². The Morgan fingerprint density at radius 3 is 2.67 bits per heavy atom. The summed E-state index contributed by atoms with van der Waals surface area (Å²) in [6.07, 6.45) is 0. The SMILES string of the molecule is [2H]C=C([2H])c1ccccc1C(C)(C)C. The van der Waals surface area contributed by atoms with E-state index in [1.165, 1.54) is 0 Å². The molecule has 0 heterocycles. The molecule has 1 aromatic carbocycles. The molecule has 0 atom stereocenters. The van der Waals surface area contributed by atoms with Crippen LogP contribution in [0.3, 0.4) is 0 Å². The molecular formula is C12H16. The summed E-state index contributed by atoms with van der Waals surface area (Å²) in [7, 11) is 0. The maximum absolute atomic E-state index is 7.66. The van der Waals surface area contributed by atoms with Crippen molar-refractivity contribution in [2.24, 2.45) is 0 Å². The largest absolute Gasteiger partial charge is 0.0985 e. The molecule has 64 valence electrons. The summed E-state index contributed by atoms with van der Waals surface area (Å²) in [6.45, 7) is 7.43. The van der Waals surface area contributed by atoms with Crippen LogP contribution in [-0.4, -0.2) is 0 Å². The van der Waals surface area contributed by atoms with Crippen molar-refractivity contribution in [2.45, 2.75) is 26.2 Å². The third-order valence-corrected chi connectivity index (χ3v) is 1.89. The predicted octanol–water partition coefficient (Wildman–Crippen LogP) is 3.63. The van der Waals surface area contributed by atoms with Crippen LogP contribution >= 0.6 is 0 Å². The van der Waals surface area contributed by atoms with E-state index in [1.54, 1.807) is 0 Å². The van der Waals surface area contributed by atoms with E-state index >= 15 is 0 Å². The highest BCUT2D eigenvalue weighted by molar-refractivity contribution is 5.53. The van der Waals surface area contributed by atoms with Crippen LogP contribution in [0.25, 0.3) is 6.05 Å². The van der Waals surface area contributed by atoms with Crippen molar-refractivity contribution in [1.29, 1.82) is 0 Å². The minimum Gasteiger partial charge on any atom is -0.0985 e. The first kappa shape index (κ1) is 6.47. The van der Waals surface area contributed by atoms with Crippen LogP contribution in [0.15, 0.2) is 30.8 Å².